The third-order valence-electron chi connectivity index (χ3n) is 5.69. The first-order chi connectivity index (χ1) is 14.6. The Morgan fingerprint density at radius 1 is 1.23 bits per heavy atom. The van der Waals surface area contributed by atoms with E-state index in [2.05, 4.69) is 19.2 Å². The Hall–Kier alpha value is -3.00. The van der Waals surface area contributed by atoms with Crippen molar-refractivity contribution in [2.24, 2.45) is 11.3 Å². The molecule has 1 aliphatic heterocycles. The molecule has 2 aliphatic rings. The Bertz CT molecular complexity index is 1120. The molecule has 0 radical (unpaired) electrons. The van der Waals surface area contributed by atoms with Gasteiger partial charge in [-0.2, -0.15) is 0 Å². The summed E-state index contributed by atoms with van der Waals surface area (Å²) in [6.45, 7) is 7.74. The number of thiophene rings is 1. The molecule has 2 aromatic rings. The second-order valence-electron chi connectivity index (χ2n) is 9.17. The zero-order valence-electron chi connectivity index (χ0n) is 18.0. The van der Waals surface area contributed by atoms with Crippen LogP contribution in [-0.4, -0.2) is 16.6 Å². The van der Waals surface area contributed by atoms with Crippen LogP contribution in [0.5, 0.6) is 0 Å². The molecule has 0 bridgehead atoms. The van der Waals surface area contributed by atoms with Gasteiger partial charge in [0.05, 0.1) is 16.3 Å². The predicted molar refractivity (Wildman–Crippen MR) is 121 cm³/mol. The van der Waals surface area contributed by atoms with Crippen LogP contribution in [0.4, 0.5) is 16.4 Å². The number of para-hydroxylation sites is 2. The Balaban J connectivity index is 2.01. The Morgan fingerprint density at radius 2 is 1.94 bits per heavy atom. The highest BCUT2D eigenvalue weighted by Gasteiger charge is 2.44. The number of hydrogen-bond acceptors (Lipinski definition) is 6. The molecule has 7 nitrogen and oxygen atoms in total. The number of ketones is 1. The third-order valence-corrected chi connectivity index (χ3v) is 6.78. The second kappa shape index (κ2) is 7.60. The molecule has 1 amide bonds. The van der Waals surface area contributed by atoms with Crippen molar-refractivity contribution in [3.05, 3.63) is 62.7 Å². The fourth-order valence-corrected chi connectivity index (χ4v) is 5.29. The normalized spacial score (nSPS) is 20.1. The van der Waals surface area contributed by atoms with Crippen LogP contribution in [0, 0.1) is 21.4 Å². The van der Waals surface area contributed by atoms with Crippen LogP contribution in [0.2, 0.25) is 0 Å². The predicted octanol–water partition coefficient (Wildman–Crippen LogP) is 5.46. The highest BCUT2D eigenvalue weighted by atomic mass is 32.1. The van der Waals surface area contributed by atoms with Crippen LogP contribution in [-0.2, 0) is 9.59 Å². The lowest BCUT2D eigenvalue weighted by Gasteiger charge is -2.37. The van der Waals surface area contributed by atoms with Gasteiger partial charge < -0.3 is 5.32 Å². The minimum Gasteiger partial charge on any atom is -0.357 e. The number of fused-ring (bicyclic) bond motifs is 1. The summed E-state index contributed by atoms with van der Waals surface area (Å²) in [4.78, 5) is 40.1. The number of nitrogens with one attached hydrogen (secondary N) is 1. The number of Topliss-reactive ketones (excluding diaryl/α,β-unsaturated/α-hetero) is 1. The van der Waals surface area contributed by atoms with Crippen LogP contribution in [0.1, 0.15) is 51.5 Å². The quantitative estimate of drug-likeness (QED) is 0.507. The van der Waals surface area contributed by atoms with E-state index in [1.165, 1.54) is 6.07 Å². The smallest absolute Gasteiger partial charge is 0.324 e. The van der Waals surface area contributed by atoms with Gasteiger partial charge in [-0.15, -0.1) is 0 Å². The number of carbonyl (C=O) groups is 2. The molecular formula is C23H25N3O4S. The molecule has 0 unspecified atom stereocenters. The molecule has 1 aliphatic carbocycles. The zero-order chi connectivity index (χ0) is 22.5. The van der Waals surface area contributed by atoms with Crippen molar-refractivity contribution in [2.45, 2.75) is 46.6 Å². The number of carbonyl (C=O) groups excluding carboxylic acids is 2. The molecule has 1 aromatic heterocycles. The summed E-state index contributed by atoms with van der Waals surface area (Å²) in [5, 5.41) is 14.8. The van der Waals surface area contributed by atoms with E-state index in [0.717, 1.165) is 22.7 Å². The molecule has 1 atom stereocenters. The van der Waals surface area contributed by atoms with Crippen molar-refractivity contribution >= 4 is 39.4 Å². The first-order valence-electron chi connectivity index (χ1n) is 10.3. The third kappa shape index (κ3) is 3.76. The maximum Gasteiger partial charge on any atom is 0.324 e. The zero-order valence-corrected chi connectivity index (χ0v) is 18.8. The molecule has 162 valence electrons. The van der Waals surface area contributed by atoms with Gasteiger partial charge in [0, 0.05) is 34.6 Å². The summed E-state index contributed by atoms with van der Waals surface area (Å²) < 4.78 is 0. The van der Waals surface area contributed by atoms with E-state index in [1.807, 2.05) is 38.1 Å². The van der Waals surface area contributed by atoms with Gasteiger partial charge in [0.1, 0.15) is 6.04 Å². The number of rotatable bonds is 3. The topological polar surface area (TPSA) is 92.6 Å². The maximum absolute atomic E-state index is 13.5. The highest BCUT2D eigenvalue weighted by molar-refractivity contribution is 7.15. The van der Waals surface area contributed by atoms with Gasteiger partial charge in [0.2, 0.25) is 5.91 Å². The number of nitro groups is 1. The molecule has 31 heavy (non-hydrogen) atoms. The molecule has 0 spiro atoms. The molecule has 2 heterocycles. The molecule has 1 N–H and O–H groups in total. The monoisotopic (exact) mass is 439 g/mol. The standard InChI is InChI=1S/C23H25N3O4S/c1-13(2)22(28)25-16-8-6-5-7-14(16)24-15-11-23(3,4)12-17(27)20(15)21(25)18-9-10-19(31-18)26(29)30/h5-10,13,21,24H,11-12H2,1-4H3/t21-/m0/s1. The van der Waals surface area contributed by atoms with Crippen molar-refractivity contribution in [3.8, 4) is 0 Å². The molecule has 1 aromatic carbocycles. The Morgan fingerprint density at radius 3 is 2.58 bits per heavy atom. The van der Waals surface area contributed by atoms with Gasteiger partial charge in [-0.25, -0.2) is 0 Å². The minimum atomic E-state index is -0.705. The fourth-order valence-electron chi connectivity index (χ4n) is 4.36. The summed E-state index contributed by atoms with van der Waals surface area (Å²) in [6.07, 6.45) is 1.01. The average Bonchev–Trinajstić information content (AvgIpc) is 3.11. The lowest BCUT2D eigenvalue weighted by molar-refractivity contribution is -0.380. The number of anilines is 2. The van der Waals surface area contributed by atoms with Gasteiger partial charge >= 0.3 is 5.00 Å². The Kier molecular flexibility index (Phi) is 5.21. The van der Waals surface area contributed by atoms with Crippen LogP contribution in [0.3, 0.4) is 0 Å². The SMILES string of the molecule is CC(C)C(=O)N1c2ccccc2NC2=C(C(=O)CC(C)(C)C2)[C@@H]1c1ccc([N+](=O)[O-])s1. The second-order valence-corrected chi connectivity index (χ2v) is 10.3. The van der Waals surface area contributed by atoms with Crippen molar-refractivity contribution in [1.82, 2.24) is 0 Å². The van der Waals surface area contributed by atoms with Crippen LogP contribution >= 0.6 is 11.3 Å². The first kappa shape index (κ1) is 21.2. The van der Waals surface area contributed by atoms with Crippen LogP contribution in [0.15, 0.2) is 47.7 Å². The lowest BCUT2D eigenvalue weighted by atomic mass is 9.74. The van der Waals surface area contributed by atoms with Crippen LogP contribution < -0.4 is 10.2 Å². The molecular weight excluding hydrogens is 414 g/mol. The average molecular weight is 440 g/mol. The van der Waals surface area contributed by atoms with Crippen molar-refractivity contribution in [2.75, 3.05) is 10.2 Å². The number of benzene rings is 1. The number of nitrogens with zero attached hydrogens (tertiary/aromatic N) is 2. The van der Waals surface area contributed by atoms with Crippen molar-refractivity contribution in [3.63, 3.8) is 0 Å². The summed E-state index contributed by atoms with van der Waals surface area (Å²) in [5.41, 5.74) is 2.52. The van der Waals surface area contributed by atoms with Gasteiger partial charge in [0.25, 0.3) is 0 Å². The summed E-state index contributed by atoms with van der Waals surface area (Å²) >= 11 is 1.01. The van der Waals surface area contributed by atoms with E-state index in [4.69, 9.17) is 0 Å². The molecule has 8 heteroatoms. The van der Waals surface area contributed by atoms with E-state index in [0.29, 0.717) is 29.0 Å². The summed E-state index contributed by atoms with van der Waals surface area (Å²) in [7, 11) is 0. The van der Waals surface area contributed by atoms with Gasteiger partial charge in [0.15, 0.2) is 5.78 Å². The number of hydrogen-bond donors (Lipinski definition) is 1. The van der Waals surface area contributed by atoms with E-state index in [-0.39, 0.29) is 28.0 Å². The van der Waals surface area contributed by atoms with E-state index in [9.17, 15) is 19.7 Å². The molecule has 0 saturated heterocycles. The first-order valence-corrected chi connectivity index (χ1v) is 11.1. The van der Waals surface area contributed by atoms with Gasteiger partial charge in [-0.3, -0.25) is 24.6 Å². The van der Waals surface area contributed by atoms with E-state index < -0.39 is 11.0 Å². The summed E-state index contributed by atoms with van der Waals surface area (Å²) in [5.74, 6) is -0.487. The number of amides is 1. The van der Waals surface area contributed by atoms with Crippen molar-refractivity contribution < 1.29 is 14.5 Å². The number of allylic oxidation sites excluding steroid dienone is 1. The van der Waals surface area contributed by atoms with Gasteiger partial charge in [-0.05, 0) is 30.0 Å². The Labute approximate surface area is 184 Å². The van der Waals surface area contributed by atoms with Gasteiger partial charge in [-0.1, -0.05) is 51.2 Å². The fraction of sp³-hybridized carbons (Fsp3) is 0.391. The largest absolute Gasteiger partial charge is 0.357 e. The molecule has 0 saturated carbocycles. The summed E-state index contributed by atoms with van der Waals surface area (Å²) in [6, 6.07) is 9.89. The minimum absolute atomic E-state index is 0.0109. The van der Waals surface area contributed by atoms with Crippen LogP contribution in [0.25, 0.3) is 0 Å². The highest BCUT2D eigenvalue weighted by Crippen LogP contribution is 2.50. The molecule has 4 rings (SSSR count). The van der Waals surface area contributed by atoms with Crippen molar-refractivity contribution in [1.29, 1.82) is 0 Å². The maximum atomic E-state index is 13.5. The lowest BCUT2D eigenvalue weighted by Crippen LogP contribution is -2.41. The molecule has 0 fully saturated rings. The van der Waals surface area contributed by atoms with E-state index >= 15 is 0 Å². The van der Waals surface area contributed by atoms with E-state index in [1.54, 1.807) is 11.0 Å².